The summed E-state index contributed by atoms with van der Waals surface area (Å²) in [4.78, 5) is 24.5. The van der Waals surface area contributed by atoms with Crippen LogP contribution in [0.25, 0.3) is 0 Å². The van der Waals surface area contributed by atoms with Gasteiger partial charge in [-0.05, 0) is 62.1 Å². The van der Waals surface area contributed by atoms with E-state index in [1.807, 2.05) is 13.0 Å². The quantitative estimate of drug-likeness (QED) is 0.399. The number of rotatable bonds is 5. The Hall–Kier alpha value is -2.88. The van der Waals surface area contributed by atoms with Crippen LogP contribution in [-0.4, -0.2) is 19.0 Å². The van der Waals surface area contributed by atoms with Gasteiger partial charge >= 0.3 is 5.97 Å². The molecule has 1 aliphatic rings. The van der Waals surface area contributed by atoms with Crippen LogP contribution in [0.15, 0.2) is 60.2 Å². The van der Waals surface area contributed by atoms with E-state index in [0.29, 0.717) is 23.6 Å². The summed E-state index contributed by atoms with van der Waals surface area (Å²) in [5, 5.41) is 2.90. The fourth-order valence-corrected chi connectivity index (χ4v) is 4.01. The van der Waals surface area contributed by atoms with Crippen molar-refractivity contribution in [3.63, 3.8) is 0 Å². The Morgan fingerprint density at radius 1 is 1.07 bits per heavy atom. The molecule has 152 valence electrons. The van der Waals surface area contributed by atoms with Gasteiger partial charge in [-0.1, -0.05) is 54.1 Å². The molecule has 29 heavy (non-hydrogen) atoms. The number of hydrogen-bond acceptors (Lipinski definition) is 3. The molecule has 0 spiro atoms. The minimum atomic E-state index is -0.446. The molecule has 0 radical (unpaired) electrons. The fourth-order valence-electron chi connectivity index (χ4n) is 4.01. The second kappa shape index (κ2) is 10.1. The molecule has 1 unspecified atom stereocenters. The Morgan fingerprint density at radius 2 is 1.86 bits per heavy atom. The van der Waals surface area contributed by atoms with Crippen molar-refractivity contribution in [2.24, 2.45) is 0 Å². The molecule has 0 aromatic heterocycles. The maximum atomic E-state index is 12.5. The molecule has 4 heteroatoms. The van der Waals surface area contributed by atoms with Gasteiger partial charge in [0.25, 0.3) is 0 Å². The van der Waals surface area contributed by atoms with Gasteiger partial charge in [-0.25, -0.2) is 4.79 Å². The number of carbonyl (C=O) groups excluding carboxylic acids is 2. The first-order chi connectivity index (χ1) is 14.1. The Bertz CT molecular complexity index is 886. The third-order valence-corrected chi connectivity index (χ3v) is 5.65. The Morgan fingerprint density at radius 3 is 2.62 bits per heavy atom. The van der Waals surface area contributed by atoms with Crippen LogP contribution in [0, 0.1) is 6.92 Å². The van der Waals surface area contributed by atoms with Crippen LogP contribution in [0.4, 0.5) is 5.69 Å². The summed E-state index contributed by atoms with van der Waals surface area (Å²) in [6.07, 6.45) is 7.94. The molecular formula is C25H29NO3. The zero-order valence-electron chi connectivity index (χ0n) is 17.2. The molecule has 1 N–H and O–H groups in total. The van der Waals surface area contributed by atoms with Crippen molar-refractivity contribution in [3.05, 3.63) is 76.9 Å². The molecule has 1 saturated carbocycles. The minimum absolute atomic E-state index is 0.110. The molecule has 1 atom stereocenters. The number of benzene rings is 2. The van der Waals surface area contributed by atoms with Crippen LogP contribution in [-0.2, 0) is 9.53 Å². The summed E-state index contributed by atoms with van der Waals surface area (Å²) in [6.45, 7) is 1.87. The highest BCUT2D eigenvalue weighted by molar-refractivity contribution is 6.02. The van der Waals surface area contributed by atoms with Crippen molar-refractivity contribution >= 4 is 17.6 Å². The lowest BCUT2D eigenvalue weighted by molar-refractivity contribution is -0.115. The molecule has 1 fully saturated rings. The molecule has 0 saturated heterocycles. The van der Waals surface area contributed by atoms with E-state index >= 15 is 0 Å². The number of anilines is 1. The number of aryl methyl sites for hydroxylation is 1. The summed E-state index contributed by atoms with van der Waals surface area (Å²) in [5.74, 6) is 0.0457. The first-order valence-corrected chi connectivity index (χ1v) is 10.3. The van der Waals surface area contributed by atoms with Gasteiger partial charge in [0.05, 0.1) is 18.4 Å². The monoisotopic (exact) mass is 391 g/mol. The lowest BCUT2D eigenvalue weighted by atomic mass is 9.92. The van der Waals surface area contributed by atoms with Gasteiger partial charge in [0.2, 0.25) is 5.91 Å². The number of amides is 1. The standard InChI is InChI=1S/C25H29NO3/c1-18-8-6-13-22(25(28)29-2)24(18)26-23(27)17-15-19-9-7-12-21(16-14-19)20-10-4-3-5-11-20/h3-6,8,10-11,13,15,21H,7,9,12,14,16-17H2,1-2H3,(H,26,27)/b19-15+. The van der Waals surface area contributed by atoms with Crippen molar-refractivity contribution in [2.45, 2.75) is 51.4 Å². The molecule has 4 nitrogen and oxygen atoms in total. The molecule has 1 amide bonds. The molecule has 2 aromatic carbocycles. The topological polar surface area (TPSA) is 55.4 Å². The molecule has 3 rings (SSSR count). The van der Waals surface area contributed by atoms with Crippen molar-refractivity contribution in [3.8, 4) is 0 Å². The number of methoxy groups -OCH3 is 1. The predicted molar refractivity (Wildman–Crippen MR) is 116 cm³/mol. The third-order valence-electron chi connectivity index (χ3n) is 5.65. The Kier molecular flexibility index (Phi) is 7.23. The van der Waals surface area contributed by atoms with Crippen LogP contribution in [0.5, 0.6) is 0 Å². The lowest BCUT2D eigenvalue weighted by Gasteiger charge is -2.13. The number of ether oxygens (including phenoxy) is 1. The molecule has 0 heterocycles. The minimum Gasteiger partial charge on any atom is -0.465 e. The van der Waals surface area contributed by atoms with Crippen molar-refractivity contribution in [1.82, 2.24) is 0 Å². The average Bonchev–Trinajstić information content (AvgIpc) is 2.99. The first-order valence-electron chi connectivity index (χ1n) is 10.3. The van der Waals surface area contributed by atoms with Gasteiger partial charge in [-0.3, -0.25) is 4.79 Å². The van der Waals surface area contributed by atoms with Gasteiger partial charge < -0.3 is 10.1 Å². The highest BCUT2D eigenvalue weighted by atomic mass is 16.5. The number of para-hydroxylation sites is 1. The van der Waals surface area contributed by atoms with Crippen LogP contribution in [0.2, 0.25) is 0 Å². The van der Waals surface area contributed by atoms with E-state index in [4.69, 9.17) is 4.74 Å². The Balaban J connectivity index is 1.61. The lowest BCUT2D eigenvalue weighted by Crippen LogP contribution is -2.15. The molecule has 1 aliphatic carbocycles. The highest BCUT2D eigenvalue weighted by Gasteiger charge is 2.18. The number of esters is 1. The molecule has 0 bridgehead atoms. The van der Waals surface area contributed by atoms with E-state index in [-0.39, 0.29) is 5.91 Å². The van der Waals surface area contributed by atoms with Crippen LogP contribution in [0.1, 0.15) is 65.9 Å². The van der Waals surface area contributed by atoms with Crippen molar-refractivity contribution < 1.29 is 14.3 Å². The van der Waals surface area contributed by atoms with E-state index in [0.717, 1.165) is 31.2 Å². The maximum Gasteiger partial charge on any atom is 0.339 e. The summed E-state index contributed by atoms with van der Waals surface area (Å²) in [5.41, 5.74) is 4.54. The second-order valence-corrected chi connectivity index (χ2v) is 7.64. The number of hydrogen-bond donors (Lipinski definition) is 1. The van der Waals surface area contributed by atoms with E-state index in [1.165, 1.54) is 24.7 Å². The maximum absolute atomic E-state index is 12.5. The zero-order valence-corrected chi connectivity index (χ0v) is 17.2. The van der Waals surface area contributed by atoms with Gasteiger partial charge in [0, 0.05) is 6.42 Å². The number of nitrogens with one attached hydrogen (secondary N) is 1. The molecule has 2 aromatic rings. The van der Waals surface area contributed by atoms with E-state index in [1.54, 1.807) is 12.1 Å². The van der Waals surface area contributed by atoms with E-state index < -0.39 is 5.97 Å². The number of carbonyl (C=O) groups is 2. The van der Waals surface area contributed by atoms with E-state index in [9.17, 15) is 9.59 Å². The van der Waals surface area contributed by atoms with Crippen LogP contribution < -0.4 is 5.32 Å². The van der Waals surface area contributed by atoms with Gasteiger partial charge in [0.15, 0.2) is 0 Å². The smallest absolute Gasteiger partial charge is 0.339 e. The van der Waals surface area contributed by atoms with Crippen LogP contribution in [0.3, 0.4) is 0 Å². The second-order valence-electron chi connectivity index (χ2n) is 7.64. The summed E-state index contributed by atoms with van der Waals surface area (Å²) in [6, 6.07) is 16.0. The predicted octanol–water partition coefficient (Wildman–Crippen LogP) is 5.78. The van der Waals surface area contributed by atoms with Crippen molar-refractivity contribution in [1.29, 1.82) is 0 Å². The molecule has 0 aliphatic heterocycles. The largest absolute Gasteiger partial charge is 0.465 e. The third kappa shape index (κ3) is 5.57. The fraction of sp³-hybridized carbons (Fsp3) is 0.360. The summed E-state index contributed by atoms with van der Waals surface area (Å²) in [7, 11) is 1.34. The number of allylic oxidation sites excluding steroid dienone is 1. The summed E-state index contributed by atoms with van der Waals surface area (Å²) >= 11 is 0. The normalized spacial score (nSPS) is 18.1. The SMILES string of the molecule is COC(=O)c1cccc(C)c1NC(=O)C/C=C1\CCCC(c2ccccc2)CC1. The molecular weight excluding hydrogens is 362 g/mol. The van der Waals surface area contributed by atoms with Gasteiger partial charge in [-0.15, -0.1) is 0 Å². The van der Waals surface area contributed by atoms with Gasteiger partial charge in [-0.2, -0.15) is 0 Å². The Labute approximate surface area is 173 Å². The van der Waals surface area contributed by atoms with Gasteiger partial charge in [0.1, 0.15) is 0 Å². The van der Waals surface area contributed by atoms with E-state index in [2.05, 4.69) is 41.7 Å². The first kappa shape index (κ1) is 20.8. The van der Waals surface area contributed by atoms with Crippen molar-refractivity contribution in [2.75, 3.05) is 12.4 Å². The summed E-state index contributed by atoms with van der Waals surface area (Å²) < 4.78 is 4.83. The van der Waals surface area contributed by atoms with Crippen LogP contribution >= 0.6 is 0 Å². The zero-order chi connectivity index (χ0) is 20.6. The average molecular weight is 392 g/mol. The highest BCUT2D eigenvalue weighted by Crippen LogP contribution is 2.34.